The molecular weight excluding hydrogens is 397 g/mol. The number of hydrogen-bond donors (Lipinski definition) is 0. The van der Waals surface area contributed by atoms with Gasteiger partial charge in [0.15, 0.2) is 0 Å². The van der Waals surface area contributed by atoms with E-state index in [1.807, 2.05) is 15.2 Å². The van der Waals surface area contributed by atoms with Gasteiger partial charge in [-0.25, -0.2) is 4.39 Å². The predicted octanol–water partition coefficient (Wildman–Crippen LogP) is 2.92. The van der Waals surface area contributed by atoms with Crippen molar-refractivity contribution < 1.29 is 14.0 Å². The Morgan fingerprint density at radius 2 is 1.82 bits per heavy atom. The molecule has 5 nitrogen and oxygen atoms in total. The van der Waals surface area contributed by atoms with Gasteiger partial charge in [0, 0.05) is 44.8 Å². The maximum Gasteiger partial charge on any atom is 0.253 e. The highest BCUT2D eigenvalue weighted by molar-refractivity contribution is 8.00. The zero-order chi connectivity index (χ0) is 19.5. The maximum absolute atomic E-state index is 13.0. The molecule has 0 spiro atoms. The Hall–Kier alpha value is -1.90. The van der Waals surface area contributed by atoms with Crippen molar-refractivity contribution in [2.24, 2.45) is 0 Å². The first kappa shape index (κ1) is 19.4. The van der Waals surface area contributed by atoms with Crippen LogP contribution in [0.5, 0.6) is 0 Å². The average molecular weight is 420 g/mol. The van der Waals surface area contributed by atoms with Gasteiger partial charge in [-0.2, -0.15) is 11.3 Å². The molecule has 0 unspecified atom stereocenters. The van der Waals surface area contributed by atoms with E-state index in [0.717, 1.165) is 19.6 Å². The van der Waals surface area contributed by atoms with Crippen molar-refractivity contribution in [3.05, 3.63) is 58.0 Å². The smallest absolute Gasteiger partial charge is 0.253 e. The molecule has 0 N–H and O–H groups in total. The number of benzene rings is 1. The third-order valence-electron chi connectivity index (χ3n) is 5.20. The van der Waals surface area contributed by atoms with Crippen molar-refractivity contribution in [2.75, 3.05) is 45.0 Å². The number of carbonyl (C=O) groups is 2. The Labute approximate surface area is 172 Å². The fraction of sp³-hybridized carbons (Fsp3) is 0.400. The summed E-state index contributed by atoms with van der Waals surface area (Å²) in [4.78, 5) is 30.9. The van der Waals surface area contributed by atoms with Gasteiger partial charge in [-0.3, -0.25) is 14.5 Å². The fourth-order valence-electron chi connectivity index (χ4n) is 3.59. The van der Waals surface area contributed by atoms with Crippen molar-refractivity contribution in [3.63, 3.8) is 0 Å². The van der Waals surface area contributed by atoms with E-state index < -0.39 is 0 Å². The SMILES string of the molecule is O=C(c1ccc(F)cc1)N1CCN(CCN2C(=O)CS[C@@H]2c2ccsc2)CC1. The second-order valence-corrected chi connectivity index (χ2v) is 8.80. The summed E-state index contributed by atoms with van der Waals surface area (Å²) in [5.74, 6) is 0.354. The van der Waals surface area contributed by atoms with Crippen LogP contribution >= 0.6 is 23.1 Å². The number of piperazine rings is 1. The van der Waals surface area contributed by atoms with Gasteiger partial charge >= 0.3 is 0 Å². The minimum atomic E-state index is -0.336. The zero-order valence-corrected chi connectivity index (χ0v) is 17.1. The van der Waals surface area contributed by atoms with E-state index >= 15 is 0 Å². The molecule has 148 valence electrons. The molecule has 1 atom stereocenters. The summed E-state index contributed by atoms with van der Waals surface area (Å²) in [6, 6.07) is 7.79. The van der Waals surface area contributed by atoms with Crippen LogP contribution in [0, 0.1) is 5.82 Å². The predicted molar refractivity (Wildman–Crippen MR) is 110 cm³/mol. The van der Waals surface area contributed by atoms with Crippen molar-refractivity contribution in [2.45, 2.75) is 5.37 Å². The molecule has 1 aromatic heterocycles. The van der Waals surface area contributed by atoms with Gasteiger partial charge in [0.25, 0.3) is 5.91 Å². The molecule has 2 aliphatic rings. The third kappa shape index (κ3) is 4.24. The molecule has 0 bridgehead atoms. The Morgan fingerprint density at radius 1 is 1.07 bits per heavy atom. The molecular formula is C20H22FN3O2S2. The van der Waals surface area contributed by atoms with Crippen LogP contribution in [0.15, 0.2) is 41.1 Å². The van der Waals surface area contributed by atoms with Crippen molar-refractivity contribution >= 4 is 34.9 Å². The Bertz CT molecular complexity index is 820. The molecule has 2 aliphatic heterocycles. The second kappa shape index (κ2) is 8.63. The molecule has 2 fully saturated rings. The Balaban J connectivity index is 1.28. The van der Waals surface area contributed by atoms with Crippen molar-refractivity contribution in [1.29, 1.82) is 0 Å². The van der Waals surface area contributed by atoms with Crippen LogP contribution < -0.4 is 0 Å². The van der Waals surface area contributed by atoms with E-state index in [0.29, 0.717) is 31.0 Å². The molecule has 0 aliphatic carbocycles. The monoisotopic (exact) mass is 419 g/mol. The first-order valence-electron chi connectivity index (χ1n) is 9.32. The fourth-order valence-corrected chi connectivity index (χ4v) is 5.56. The molecule has 28 heavy (non-hydrogen) atoms. The van der Waals surface area contributed by atoms with E-state index in [-0.39, 0.29) is 23.0 Å². The lowest BCUT2D eigenvalue weighted by atomic mass is 10.2. The van der Waals surface area contributed by atoms with E-state index in [1.165, 1.54) is 29.8 Å². The molecule has 8 heteroatoms. The number of thioether (sulfide) groups is 1. The highest BCUT2D eigenvalue weighted by Crippen LogP contribution is 2.39. The zero-order valence-electron chi connectivity index (χ0n) is 15.4. The van der Waals surface area contributed by atoms with Crippen LogP contribution in [0.4, 0.5) is 4.39 Å². The summed E-state index contributed by atoms with van der Waals surface area (Å²) in [6.45, 7) is 4.37. The third-order valence-corrected chi connectivity index (χ3v) is 7.16. The van der Waals surface area contributed by atoms with Gasteiger partial charge in [0.1, 0.15) is 11.2 Å². The van der Waals surface area contributed by atoms with E-state index in [9.17, 15) is 14.0 Å². The number of carbonyl (C=O) groups excluding carboxylic acids is 2. The van der Waals surface area contributed by atoms with Crippen LogP contribution in [0.25, 0.3) is 0 Å². The number of nitrogens with zero attached hydrogens (tertiary/aromatic N) is 3. The summed E-state index contributed by atoms with van der Waals surface area (Å²) in [6.07, 6.45) is 0. The molecule has 0 saturated carbocycles. The molecule has 3 heterocycles. The number of halogens is 1. The van der Waals surface area contributed by atoms with Crippen LogP contribution in [0.1, 0.15) is 21.3 Å². The van der Waals surface area contributed by atoms with Crippen LogP contribution in [0.3, 0.4) is 0 Å². The largest absolute Gasteiger partial charge is 0.336 e. The van der Waals surface area contributed by atoms with Gasteiger partial charge < -0.3 is 9.80 Å². The normalized spacial score (nSPS) is 20.8. The maximum atomic E-state index is 13.0. The minimum absolute atomic E-state index is 0.0525. The summed E-state index contributed by atoms with van der Waals surface area (Å²) in [5, 5.41) is 4.29. The Morgan fingerprint density at radius 3 is 2.50 bits per heavy atom. The summed E-state index contributed by atoms with van der Waals surface area (Å²) in [7, 11) is 0. The second-order valence-electron chi connectivity index (χ2n) is 6.95. The lowest BCUT2D eigenvalue weighted by Crippen LogP contribution is -2.50. The number of amides is 2. The Kier molecular flexibility index (Phi) is 5.99. The van der Waals surface area contributed by atoms with Gasteiger partial charge in [-0.1, -0.05) is 0 Å². The lowest BCUT2D eigenvalue weighted by molar-refractivity contribution is -0.128. The van der Waals surface area contributed by atoms with Gasteiger partial charge in [-0.05, 0) is 46.7 Å². The lowest BCUT2D eigenvalue weighted by Gasteiger charge is -2.36. The molecule has 2 aromatic rings. The molecule has 0 radical (unpaired) electrons. The standard InChI is InChI=1S/C20H22FN3O2S2/c21-17-3-1-15(2-4-17)19(26)23-9-6-22(7-10-23)8-11-24-18(25)14-28-20(24)16-5-12-27-13-16/h1-5,12-13,20H,6-11,14H2/t20-/m1/s1. The molecule has 2 amide bonds. The van der Waals surface area contributed by atoms with E-state index in [1.54, 1.807) is 23.1 Å². The molecule has 1 aromatic carbocycles. The first-order chi connectivity index (χ1) is 13.6. The van der Waals surface area contributed by atoms with Gasteiger partial charge in [-0.15, -0.1) is 11.8 Å². The topological polar surface area (TPSA) is 43.9 Å². The average Bonchev–Trinajstić information content (AvgIpc) is 3.36. The number of thiophene rings is 1. The van der Waals surface area contributed by atoms with Gasteiger partial charge in [0.05, 0.1) is 5.75 Å². The van der Waals surface area contributed by atoms with Crippen LogP contribution in [-0.4, -0.2) is 71.5 Å². The van der Waals surface area contributed by atoms with Gasteiger partial charge in [0.2, 0.25) is 5.91 Å². The number of rotatable bonds is 5. The minimum Gasteiger partial charge on any atom is -0.336 e. The molecule has 2 saturated heterocycles. The van der Waals surface area contributed by atoms with Crippen LogP contribution in [-0.2, 0) is 4.79 Å². The summed E-state index contributed by atoms with van der Waals surface area (Å²) in [5.41, 5.74) is 1.73. The van der Waals surface area contributed by atoms with Crippen molar-refractivity contribution in [1.82, 2.24) is 14.7 Å². The highest BCUT2D eigenvalue weighted by Gasteiger charge is 2.33. The molecule has 4 rings (SSSR count). The quantitative estimate of drug-likeness (QED) is 0.748. The first-order valence-corrected chi connectivity index (χ1v) is 11.3. The number of hydrogen-bond acceptors (Lipinski definition) is 5. The van der Waals surface area contributed by atoms with Crippen LogP contribution in [0.2, 0.25) is 0 Å². The summed E-state index contributed by atoms with van der Waals surface area (Å²) >= 11 is 3.35. The van der Waals surface area contributed by atoms with E-state index in [4.69, 9.17) is 0 Å². The highest BCUT2D eigenvalue weighted by atomic mass is 32.2. The summed E-state index contributed by atoms with van der Waals surface area (Å²) < 4.78 is 13.0. The van der Waals surface area contributed by atoms with E-state index in [2.05, 4.69) is 16.3 Å². The van der Waals surface area contributed by atoms with Crippen molar-refractivity contribution in [3.8, 4) is 0 Å².